The van der Waals surface area contributed by atoms with Gasteiger partial charge in [-0.15, -0.1) is 0 Å². The Morgan fingerprint density at radius 3 is 2.43 bits per heavy atom. The first-order chi connectivity index (χ1) is 11.0. The molecule has 122 valence electrons. The molecule has 1 fully saturated rings. The van der Waals surface area contributed by atoms with Crippen molar-refractivity contribution in [3.8, 4) is 0 Å². The lowest BCUT2D eigenvalue weighted by molar-refractivity contribution is 0.0995. The molecule has 0 radical (unpaired) electrons. The molecule has 1 aromatic carbocycles. The second-order valence-electron chi connectivity index (χ2n) is 5.56. The van der Waals surface area contributed by atoms with Gasteiger partial charge in [-0.2, -0.15) is 9.40 Å². The molecule has 1 saturated heterocycles. The molecule has 0 unspecified atom stereocenters. The first-order valence-corrected chi connectivity index (χ1v) is 8.83. The van der Waals surface area contributed by atoms with Crippen molar-refractivity contribution in [2.24, 2.45) is 5.73 Å². The highest BCUT2D eigenvalue weighted by Crippen LogP contribution is 2.29. The number of piperidine rings is 1. The smallest absolute Gasteiger partial charge is 0.269 e. The Morgan fingerprint density at radius 2 is 1.87 bits per heavy atom. The second-order valence-corrected chi connectivity index (χ2v) is 7.50. The van der Waals surface area contributed by atoms with Gasteiger partial charge in [0.15, 0.2) is 0 Å². The maximum absolute atomic E-state index is 12.6. The number of carbonyl (C=O) groups excluding carboxylic acids is 1. The largest absolute Gasteiger partial charge is 0.364 e. The van der Waals surface area contributed by atoms with Gasteiger partial charge in [0.2, 0.25) is 10.0 Å². The predicted octanol–water partition coefficient (Wildman–Crippen LogP) is 1.08. The molecule has 1 aliphatic heterocycles. The number of benzene rings is 1. The van der Waals surface area contributed by atoms with E-state index >= 15 is 0 Å². The normalized spacial score (nSPS) is 17.2. The number of hydrogen-bond donors (Lipinski definition) is 2. The number of rotatable bonds is 4. The fourth-order valence-corrected chi connectivity index (χ4v) is 4.31. The van der Waals surface area contributed by atoms with Crippen molar-refractivity contribution in [2.75, 3.05) is 13.1 Å². The Morgan fingerprint density at radius 1 is 1.22 bits per heavy atom. The van der Waals surface area contributed by atoms with Gasteiger partial charge in [-0.3, -0.25) is 9.89 Å². The van der Waals surface area contributed by atoms with Crippen molar-refractivity contribution in [3.63, 3.8) is 0 Å². The molecule has 1 aliphatic rings. The summed E-state index contributed by atoms with van der Waals surface area (Å²) in [6.07, 6.45) is 1.35. The molecular weight excluding hydrogens is 316 g/mol. The van der Waals surface area contributed by atoms with Crippen LogP contribution in [-0.4, -0.2) is 41.9 Å². The Labute approximate surface area is 134 Å². The van der Waals surface area contributed by atoms with Gasteiger partial charge in [0, 0.05) is 24.7 Å². The molecule has 1 aromatic heterocycles. The van der Waals surface area contributed by atoms with Crippen LogP contribution < -0.4 is 5.73 Å². The number of aromatic amines is 1. The summed E-state index contributed by atoms with van der Waals surface area (Å²) in [6, 6.07) is 10.1. The van der Waals surface area contributed by atoms with E-state index in [2.05, 4.69) is 10.2 Å². The number of nitrogens with one attached hydrogen (secondary N) is 1. The first-order valence-electron chi connectivity index (χ1n) is 7.39. The topological polar surface area (TPSA) is 109 Å². The molecule has 3 N–H and O–H groups in total. The van der Waals surface area contributed by atoms with Crippen LogP contribution in [0.25, 0.3) is 0 Å². The molecule has 2 heterocycles. The fourth-order valence-electron chi connectivity index (χ4n) is 2.82. The van der Waals surface area contributed by atoms with Crippen LogP contribution in [0.5, 0.6) is 0 Å². The monoisotopic (exact) mass is 334 g/mol. The third-order valence-corrected chi connectivity index (χ3v) is 6.04. The highest BCUT2D eigenvalue weighted by Gasteiger charge is 2.30. The third-order valence-electron chi connectivity index (χ3n) is 4.12. The van der Waals surface area contributed by atoms with Crippen LogP contribution in [0.1, 0.15) is 34.9 Å². The minimum atomic E-state index is -3.44. The van der Waals surface area contributed by atoms with Crippen LogP contribution in [0.2, 0.25) is 0 Å². The van der Waals surface area contributed by atoms with Gasteiger partial charge in [0.05, 0.1) is 4.90 Å². The lowest BCUT2D eigenvalue weighted by Crippen LogP contribution is -2.37. The zero-order valence-electron chi connectivity index (χ0n) is 12.5. The number of primary amides is 1. The summed E-state index contributed by atoms with van der Waals surface area (Å²) in [4.78, 5) is 11.4. The van der Waals surface area contributed by atoms with E-state index in [4.69, 9.17) is 5.73 Å². The summed E-state index contributed by atoms with van der Waals surface area (Å²) in [5.41, 5.74) is 6.23. The maximum Gasteiger partial charge on any atom is 0.269 e. The van der Waals surface area contributed by atoms with Crippen molar-refractivity contribution >= 4 is 15.9 Å². The van der Waals surface area contributed by atoms with Gasteiger partial charge in [-0.1, -0.05) is 18.2 Å². The number of hydrogen-bond acceptors (Lipinski definition) is 4. The van der Waals surface area contributed by atoms with E-state index in [0.717, 1.165) is 5.69 Å². The molecular formula is C15H18N4O3S. The SMILES string of the molecule is NC(=O)c1cc(C2CCN(S(=O)(=O)c3ccccc3)CC2)[nH]n1. The molecule has 0 atom stereocenters. The molecule has 1 amide bonds. The van der Waals surface area contributed by atoms with Crippen LogP contribution in [0, 0.1) is 0 Å². The summed E-state index contributed by atoms with van der Waals surface area (Å²) in [7, 11) is -3.44. The first kappa shape index (κ1) is 15.7. The van der Waals surface area contributed by atoms with Gasteiger partial charge in [0.1, 0.15) is 5.69 Å². The van der Waals surface area contributed by atoms with E-state index in [1.54, 1.807) is 36.4 Å². The number of nitrogens with zero attached hydrogens (tertiary/aromatic N) is 2. The lowest BCUT2D eigenvalue weighted by Gasteiger charge is -2.30. The number of carbonyl (C=O) groups is 1. The predicted molar refractivity (Wildman–Crippen MR) is 84.3 cm³/mol. The molecule has 0 aliphatic carbocycles. The Bertz CT molecular complexity index is 793. The van der Waals surface area contributed by atoms with E-state index < -0.39 is 15.9 Å². The second kappa shape index (κ2) is 6.13. The van der Waals surface area contributed by atoms with Crippen LogP contribution in [0.3, 0.4) is 0 Å². The van der Waals surface area contributed by atoms with Gasteiger partial charge < -0.3 is 5.73 Å². The van der Waals surface area contributed by atoms with E-state index in [1.807, 2.05) is 0 Å². The fraction of sp³-hybridized carbons (Fsp3) is 0.333. The average molecular weight is 334 g/mol. The zero-order valence-corrected chi connectivity index (χ0v) is 13.3. The Hall–Kier alpha value is -2.19. The van der Waals surface area contributed by atoms with Gasteiger partial charge in [-0.05, 0) is 31.0 Å². The lowest BCUT2D eigenvalue weighted by atomic mass is 9.94. The van der Waals surface area contributed by atoms with E-state index in [-0.39, 0.29) is 11.6 Å². The van der Waals surface area contributed by atoms with Crippen molar-refractivity contribution in [2.45, 2.75) is 23.7 Å². The third kappa shape index (κ3) is 3.13. The minimum absolute atomic E-state index is 0.151. The molecule has 0 bridgehead atoms. The van der Waals surface area contributed by atoms with Crippen LogP contribution in [0.4, 0.5) is 0 Å². The molecule has 3 rings (SSSR count). The zero-order chi connectivity index (χ0) is 16.4. The summed E-state index contributed by atoms with van der Waals surface area (Å²) < 4.78 is 26.6. The van der Waals surface area contributed by atoms with E-state index in [1.165, 1.54) is 4.31 Å². The number of amides is 1. The molecule has 0 saturated carbocycles. The van der Waals surface area contributed by atoms with Crippen molar-refractivity contribution in [1.29, 1.82) is 0 Å². The molecule has 8 heteroatoms. The van der Waals surface area contributed by atoms with Crippen LogP contribution in [-0.2, 0) is 10.0 Å². The van der Waals surface area contributed by atoms with E-state index in [9.17, 15) is 13.2 Å². The number of H-pyrrole nitrogens is 1. The molecule has 0 spiro atoms. The number of nitrogens with two attached hydrogens (primary N) is 1. The standard InChI is InChI=1S/C15H18N4O3S/c16-15(20)14-10-13(17-18-14)11-6-8-19(9-7-11)23(21,22)12-4-2-1-3-5-12/h1-5,10-11H,6-9H2,(H2,16,20)(H,17,18). The molecule has 2 aromatic rings. The van der Waals surface area contributed by atoms with Crippen LogP contribution >= 0.6 is 0 Å². The van der Waals surface area contributed by atoms with Crippen molar-refractivity contribution < 1.29 is 13.2 Å². The Kier molecular flexibility index (Phi) is 4.18. The minimum Gasteiger partial charge on any atom is -0.364 e. The Balaban J connectivity index is 1.69. The van der Waals surface area contributed by atoms with E-state index in [0.29, 0.717) is 30.8 Å². The summed E-state index contributed by atoms with van der Waals surface area (Å²) in [5.74, 6) is -0.422. The summed E-state index contributed by atoms with van der Waals surface area (Å²) in [5, 5.41) is 6.70. The summed E-state index contributed by atoms with van der Waals surface area (Å²) >= 11 is 0. The highest BCUT2D eigenvalue weighted by atomic mass is 32.2. The number of aromatic nitrogens is 2. The maximum atomic E-state index is 12.6. The highest BCUT2D eigenvalue weighted by molar-refractivity contribution is 7.89. The number of sulfonamides is 1. The van der Waals surface area contributed by atoms with Gasteiger partial charge >= 0.3 is 0 Å². The van der Waals surface area contributed by atoms with Gasteiger partial charge in [-0.25, -0.2) is 8.42 Å². The van der Waals surface area contributed by atoms with Gasteiger partial charge in [0.25, 0.3) is 5.91 Å². The molecule has 23 heavy (non-hydrogen) atoms. The quantitative estimate of drug-likeness (QED) is 0.871. The van der Waals surface area contributed by atoms with Crippen molar-refractivity contribution in [3.05, 3.63) is 47.8 Å². The van der Waals surface area contributed by atoms with Crippen LogP contribution in [0.15, 0.2) is 41.3 Å². The molecule has 7 nitrogen and oxygen atoms in total. The average Bonchev–Trinajstić information content (AvgIpc) is 3.06. The summed E-state index contributed by atoms with van der Waals surface area (Å²) in [6.45, 7) is 0.875. The van der Waals surface area contributed by atoms with Crippen molar-refractivity contribution in [1.82, 2.24) is 14.5 Å².